The summed E-state index contributed by atoms with van der Waals surface area (Å²) in [6.07, 6.45) is 0. The zero-order valence-corrected chi connectivity index (χ0v) is 13.4. The highest BCUT2D eigenvalue weighted by Crippen LogP contribution is 2.32. The molecule has 0 spiro atoms. The molecular formula is C12H10ClF2NO3S2. The fourth-order valence-corrected chi connectivity index (χ4v) is 3.42. The van der Waals surface area contributed by atoms with Crippen molar-refractivity contribution >= 4 is 31.1 Å². The van der Waals surface area contributed by atoms with E-state index in [-0.39, 0.29) is 6.61 Å². The van der Waals surface area contributed by atoms with Gasteiger partial charge in [-0.3, -0.25) is 0 Å². The molecule has 0 atom stereocenters. The van der Waals surface area contributed by atoms with Gasteiger partial charge in [0.15, 0.2) is 11.6 Å². The Kier molecular flexibility index (Phi) is 4.50. The summed E-state index contributed by atoms with van der Waals surface area (Å²) in [6, 6.07) is 1.14. The molecule has 0 aliphatic carbocycles. The molecule has 9 heteroatoms. The lowest BCUT2D eigenvalue weighted by Gasteiger charge is -2.09. The van der Waals surface area contributed by atoms with Crippen molar-refractivity contribution in [3.05, 3.63) is 39.3 Å². The lowest BCUT2D eigenvalue weighted by atomic mass is 10.3. The maximum Gasteiger partial charge on any atom is 0.265 e. The van der Waals surface area contributed by atoms with Crippen molar-refractivity contribution in [3.8, 4) is 5.75 Å². The molecule has 1 heterocycles. The molecule has 114 valence electrons. The summed E-state index contributed by atoms with van der Waals surface area (Å²) >= 11 is 1.34. The second kappa shape index (κ2) is 5.86. The van der Waals surface area contributed by atoms with Crippen molar-refractivity contribution < 1.29 is 21.9 Å². The Balaban J connectivity index is 2.35. The quantitative estimate of drug-likeness (QED) is 0.789. The SMILES string of the molecule is Cc1nc(COc2c(F)cc(F)cc2S(=O)(=O)Cl)sc1C. The molecule has 0 amide bonds. The Labute approximate surface area is 128 Å². The molecule has 0 saturated carbocycles. The Hall–Kier alpha value is -1.25. The fraction of sp³-hybridized carbons (Fsp3) is 0.250. The van der Waals surface area contributed by atoms with Gasteiger partial charge in [-0.2, -0.15) is 0 Å². The van der Waals surface area contributed by atoms with Crippen molar-refractivity contribution in [2.75, 3.05) is 0 Å². The normalized spacial score (nSPS) is 11.7. The molecule has 21 heavy (non-hydrogen) atoms. The van der Waals surface area contributed by atoms with Crippen LogP contribution >= 0.6 is 22.0 Å². The van der Waals surface area contributed by atoms with Crippen molar-refractivity contribution in [1.29, 1.82) is 0 Å². The zero-order chi connectivity index (χ0) is 15.8. The molecule has 2 aromatic rings. The number of hydrogen-bond acceptors (Lipinski definition) is 5. The summed E-state index contributed by atoms with van der Waals surface area (Å²) in [4.78, 5) is 4.41. The van der Waals surface area contributed by atoms with Crippen LogP contribution in [-0.2, 0) is 15.7 Å². The van der Waals surface area contributed by atoms with Crippen molar-refractivity contribution in [2.24, 2.45) is 0 Å². The number of aryl methyl sites for hydroxylation is 2. The third-order valence-electron chi connectivity index (χ3n) is 2.65. The van der Waals surface area contributed by atoms with Gasteiger partial charge in [-0.25, -0.2) is 22.2 Å². The maximum atomic E-state index is 13.7. The first-order chi connectivity index (χ1) is 9.68. The van der Waals surface area contributed by atoms with Gasteiger partial charge in [-0.1, -0.05) is 0 Å². The first-order valence-electron chi connectivity index (χ1n) is 5.68. The largest absolute Gasteiger partial charge is 0.482 e. The molecule has 0 bridgehead atoms. The number of ether oxygens (including phenoxy) is 1. The molecule has 1 aromatic heterocycles. The molecule has 0 radical (unpaired) electrons. The van der Waals surface area contributed by atoms with E-state index < -0.39 is 31.3 Å². The van der Waals surface area contributed by atoms with E-state index in [9.17, 15) is 17.2 Å². The lowest BCUT2D eigenvalue weighted by molar-refractivity contribution is 0.280. The van der Waals surface area contributed by atoms with Gasteiger partial charge in [0.05, 0.1) is 5.69 Å². The van der Waals surface area contributed by atoms with Crippen LogP contribution in [0.1, 0.15) is 15.6 Å². The van der Waals surface area contributed by atoms with Crippen LogP contribution in [0.25, 0.3) is 0 Å². The van der Waals surface area contributed by atoms with Gasteiger partial charge >= 0.3 is 0 Å². The maximum absolute atomic E-state index is 13.7. The number of aromatic nitrogens is 1. The highest BCUT2D eigenvalue weighted by atomic mass is 35.7. The van der Waals surface area contributed by atoms with Gasteiger partial charge in [0.25, 0.3) is 9.05 Å². The minimum Gasteiger partial charge on any atom is -0.482 e. The van der Waals surface area contributed by atoms with Gasteiger partial charge in [-0.15, -0.1) is 11.3 Å². The first-order valence-corrected chi connectivity index (χ1v) is 8.80. The van der Waals surface area contributed by atoms with Crippen LogP contribution in [0.2, 0.25) is 0 Å². The molecule has 2 rings (SSSR count). The highest BCUT2D eigenvalue weighted by Gasteiger charge is 2.23. The third kappa shape index (κ3) is 3.69. The monoisotopic (exact) mass is 353 g/mol. The van der Waals surface area contributed by atoms with E-state index in [0.29, 0.717) is 17.1 Å². The minimum atomic E-state index is -4.34. The number of halogens is 3. The van der Waals surface area contributed by atoms with Crippen LogP contribution in [-0.4, -0.2) is 13.4 Å². The molecule has 0 unspecified atom stereocenters. The van der Waals surface area contributed by atoms with E-state index >= 15 is 0 Å². The summed E-state index contributed by atoms with van der Waals surface area (Å²) < 4.78 is 54.7. The number of nitrogens with zero attached hydrogens (tertiary/aromatic N) is 1. The van der Waals surface area contributed by atoms with Crippen molar-refractivity contribution in [1.82, 2.24) is 4.98 Å². The molecule has 0 saturated heterocycles. The molecule has 1 aromatic carbocycles. The van der Waals surface area contributed by atoms with Crippen LogP contribution in [0.5, 0.6) is 5.75 Å². The Morgan fingerprint density at radius 1 is 1.33 bits per heavy atom. The van der Waals surface area contributed by atoms with E-state index in [1.54, 1.807) is 0 Å². The second-order valence-electron chi connectivity index (χ2n) is 4.19. The van der Waals surface area contributed by atoms with Gasteiger partial charge in [0.1, 0.15) is 22.3 Å². The zero-order valence-electron chi connectivity index (χ0n) is 11.0. The summed E-state index contributed by atoms with van der Waals surface area (Å²) in [5.74, 6) is -2.81. The van der Waals surface area contributed by atoms with E-state index in [0.717, 1.165) is 10.6 Å². The van der Waals surface area contributed by atoms with Crippen LogP contribution in [0.3, 0.4) is 0 Å². The number of thiazole rings is 1. The van der Waals surface area contributed by atoms with E-state index in [1.807, 2.05) is 13.8 Å². The summed E-state index contributed by atoms with van der Waals surface area (Å²) in [5, 5.41) is 0.548. The Bertz CT molecular complexity index is 771. The average Bonchev–Trinajstić information content (AvgIpc) is 2.65. The van der Waals surface area contributed by atoms with Gasteiger partial charge in [-0.05, 0) is 19.9 Å². The van der Waals surface area contributed by atoms with Crippen LogP contribution in [0.15, 0.2) is 17.0 Å². The fourth-order valence-electron chi connectivity index (χ4n) is 1.59. The number of benzene rings is 1. The van der Waals surface area contributed by atoms with Gasteiger partial charge in [0, 0.05) is 21.6 Å². The van der Waals surface area contributed by atoms with Crippen molar-refractivity contribution in [3.63, 3.8) is 0 Å². The molecule has 4 nitrogen and oxygen atoms in total. The molecule has 0 fully saturated rings. The smallest absolute Gasteiger partial charge is 0.265 e. The number of hydrogen-bond donors (Lipinski definition) is 0. The molecule has 0 aliphatic rings. The highest BCUT2D eigenvalue weighted by molar-refractivity contribution is 8.13. The molecule has 0 aliphatic heterocycles. The summed E-state index contributed by atoms with van der Waals surface area (Å²) in [7, 11) is 0.829. The van der Waals surface area contributed by atoms with Crippen LogP contribution in [0, 0.1) is 25.5 Å². The van der Waals surface area contributed by atoms with Crippen LogP contribution in [0.4, 0.5) is 8.78 Å². The standard InChI is InChI=1S/C12H10ClF2NO3S2/c1-6-7(2)20-11(16-6)5-19-12-9(15)3-8(14)4-10(12)21(13,17)18/h3-4H,5H2,1-2H3. The molecular weight excluding hydrogens is 344 g/mol. The minimum absolute atomic E-state index is 0.138. The van der Waals surface area contributed by atoms with Crippen LogP contribution < -0.4 is 4.74 Å². The van der Waals surface area contributed by atoms with Gasteiger partial charge < -0.3 is 4.74 Å². The first kappa shape index (κ1) is 16.1. The van der Waals surface area contributed by atoms with E-state index in [2.05, 4.69) is 4.98 Å². The Morgan fingerprint density at radius 3 is 2.52 bits per heavy atom. The van der Waals surface area contributed by atoms with E-state index in [4.69, 9.17) is 15.4 Å². The predicted octanol–water partition coefficient (Wildman–Crippen LogP) is 3.54. The third-order valence-corrected chi connectivity index (χ3v) is 5.02. The van der Waals surface area contributed by atoms with E-state index in [1.165, 1.54) is 11.3 Å². The lowest BCUT2D eigenvalue weighted by Crippen LogP contribution is -2.04. The van der Waals surface area contributed by atoms with Crippen molar-refractivity contribution in [2.45, 2.75) is 25.3 Å². The summed E-state index contributed by atoms with van der Waals surface area (Å²) in [5.41, 5.74) is 0.809. The Morgan fingerprint density at radius 2 is 2.00 bits per heavy atom. The predicted molar refractivity (Wildman–Crippen MR) is 75.3 cm³/mol. The molecule has 0 N–H and O–H groups in total. The summed E-state index contributed by atoms with van der Waals surface area (Å²) in [6.45, 7) is 3.54. The second-order valence-corrected chi connectivity index (χ2v) is 8.01. The topological polar surface area (TPSA) is 56.3 Å². The van der Waals surface area contributed by atoms with Gasteiger partial charge in [0.2, 0.25) is 0 Å². The average molecular weight is 354 g/mol. The number of rotatable bonds is 4.